The average molecular weight is 455 g/mol. The molecular formula is C24H30N4O3S. The first-order valence-electron chi connectivity index (χ1n) is 11.1. The molecule has 1 aliphatic heterocycles. The molecule has 170 valence electrons. The number of piperidine rings is 1. The third-order valence-electron chi connectivity index (χ3n) is 5.88. The molecule has 0 amide bonds. The maximum absolute atomic E-state index is 11.9. The van der Waals surface area contributed by atoms with E-state index in [1.807, 2.05) is 19.1 Å². The molecule has 0 aliphatic carbocycles. The fourth-order valence-electron chi connectivity index (χ4n) is 4.16. The molecule has 7 nitrogen and oxygen atoms in total. The second-order valence-corrected chi connectivity index (χ2v) is 10.3. The molecule has 0 atom stereocenters. The summed E-state index contributed by atoms with van der Waals surface area (Å²) < 4.78 is 26.4. The van der Waals surface area contributed by atoms with E-state index in [1.54, 1.807) is 25.1 Å². The molecule has 2 heterocycles. The third-order valence-corrected chi connectivity index (χ3v) is 7.19. The summed E-state index contributed by atoms with van der Waals surface area (Å²) in [4.78, 5) is 10.1. The SMILES string of the molecule is CCS(=O)(=O)Nc1ccc2[nH]c(O)c(C(C)=Nc3ccc(CN4CCCCC4)cc3)c2c1. The molecule has 1 saturated heterocycles. The van der Waals surface area contributed by atoms with Gasteiger partial charge in [-0.1, -0.05) is 18.6 Å². The zero-order valence-electron chi connectivity index (χ0n) is 18.6. The highest BCUT2D eigenvalue weighted by Crippen LogP contribution is 2.31. The summed E-state index contributed by atoms with van der Waals surface area (Å²) in [7, 11) is -3.39. The first kappa shape index (κ1) is 22.4. The highest BCUT2D eigenvalue weighted by atomic mass is 32.2. The molecule has 3 N–H and O–H groups in total. The number of hydrogen-bond donors (Lipinski definition) is 3. The minimum Gasteiger partial charge on any atom is -0.494 e. The first-order chi connectivity index (χ1) is 15.3. The highest BCUT2D eigenvalue weighted by molar-refractivity contribution is 7.92. The number of aliphatic imine (C=N–C) groups is 1. The van der Waals surface area contributed by atoms with Crippen LogP contribution >= 0.6 is 0 Å². The van der Waals surface area contributed by atoms with E-state index in [0.717, 1.165) is 25.3 Å². The fourth-order valence-corrected chi connectivity index (χ4v) is 4.79. The number of H-pyrrole nitrogens is 1. The van der Waals surface area contributed by atoms with Gasteiger partial charge in [-0.2, -0.15) is 0 Å². The molecule has 0 saturated carbocycles. The molecule has 1 aromatic heterocycles. The second-order valence-electron chi connectivity index (χ2n) is 8.31. The lowest BCUT2D eigenvalue weighted by Crippen LogP contribution is -2.28. The number of benzene rings is 2. The van der Waals surface area contributed by atoms with Crippen LogP contribution in [0, 0.1) is 0 Å². The van der Waals surface area contributed by atoms with Gasteiger partial charge in [0.1, 0.15) is 0 Å². The van der Waals surface area contributed by atoms with Gasteiger partial charge in [0.05, 0.1) is 22.7 Å². The minimum atomic E-state index is -3.39. The maximum atomic E-state index is 11.9. The number of nitrogens with one attached hydrogen (secondary N) is 2. The van der Waals surface area contributed by atoms with Crippen LogP contribution in [-0.4, -0.2) is 48.0 Å². The lowest BCUT2D eigenvalue weighted by atomic mass is 10.1. The number of fused-ring (bicyclic) bond motifs is 1. The topological polar surface area (TPSA) is 97.8 Å². The number of anilines is 1. The Morgan fingerprint density at radius 3 is 2.53 bits per heavy atom. The largest absolute Gasteiger partial charge is 0.494 e. The molecule has 0 spiro atoms. The van der Waals surface area contributed by atoms with Crippen LogP contribution in [0.15, 0.2) is 47.5 Å². The number of aromatic hydroxyl groups is 1. The van der Waals surface area contributed by atoms with E-state index in [-0.39, 0.29) is 11.6 Å². The summed E-state index contributed by atoms with van der Waals surface area (Å²) in [5, 5.41) is 11.2. The predicted molar refractivity (Wildman–Crippen MR) is 130 cm³/mol. The lowest BCUT2D eigenvalue weighted by Gasteiger charge is -2.26. The number of aromatic amines is 1. The van der Waals surface area contributed by atoms with Crippen molar-refractivity contribution in [1.82, 2.24) is 9.88 Å². The van der Waals surface area contributed by atoms with Crippen LogP contribution in [0.5, 0.6) is 5.88 Å². The lowest BCUT2D eigenvalue weighted by molar-refractivity contribution is 0.221. The van der Waals surface area contributed by atoms with Crippen LogP contribution in [0.25, 0.3) is 10.9 Å². The third kappa shape index (κ3) is 5.14. The number of sulfonamides is 1. The summed E-state index contributed by atoms with van der Waals surface area (Å²) >= 11 is 0. The Labute approximate surface area is 189 Å². The van der Waals surface area contributed by atoms with Gasteiger partial charge in [0, 0.05) is 23.1 Å². The van der Waals surface area contributed by atoms with E-state index in [2.05, 4.69) is 26.7 Å². The molecule has 0 radical (unpaired) electrons. The van der Waals surface area contributed by atoms with Crippen molar-refractivity contribution >= 4 is 38.0 Å². The van der Waals surface area contributed by atoms with Gasteiger partial charge in [0.15, 0.2) is 5.88 Å². The van der Waals surface area contributed by atoms with Crippen molar-refractivity contribution in [3.63, 3.8) is 0 Å². The molecule has 3 aromatic rings. The zero-order chi connectivity index (χ0) is 22.7. The van der Waals surface area contributed by atoms with Gasteiger partial charge < -0.3 is 10.1 Å². The summed E-state index contributed by atoms with van der Waals surface area (Å²) in [5.41, 5.74) is 4.45. The summed E-state index contributed by atoms with van der Waals surface area (Å²) in [6.45, 7) is 6.71. The Morgan fingerprint density at radius 2 is 1.84 bits per heavy atom. The van der Waals surface area contributed by atoms with Crippen molar-refractivity contribution in [3.8, 4) is 5.88 Å². The normalized spacial score (nSPS) is 15.9. The van der Waals surface area contributed by atoms with Crippen molar-refractivity contribution in [2.24, 2.45) is 4.99 Å². The van der Waals surface area contributed by atoms with Crippen molar-refractivity contribution < 1.29 is 13.5 Å². The number of rotatable bonds is 7. The predicted octanol–water partition coefficient (Wildman–Crippen LogP) is 4.76. The van der Waals surface area contributed by atoms with Crippen molar-refractivity contribution in [1.29, 1.82) is 0 Å². The highest BCUT2D eigenvalue weighted by Gasteiger charge is 2.16. The van der Waals surface area contributed by atoms with Gasteiger partial charge in [-0.3, -0.25) is 14.6 Å². The van der Waals surface area contributed by atoms with Crippen LogP contribution in [0.1, 0.15) is 44.2 Å². The maximum Gasteiger partial charge on any atom is 0.232 e. The Kier molecular flexibility index (Phi) is 6.53. The van der Waals surface area contributed by atoms with Crippen LogP contribution in [0.2, 0.25) is 0 Å². The molecule has 0 unspecified atom stereocenters. The summed E-state index contributed by atoms with van der Waals surface area (Å²) in [6.07, 6.45) is 3.88. The molecule has 2 aromatic carbocycles. The molecule has 4 rings (SSSR count). The van der Waals surface area contributed by atoms with E-state index in [9.17, 15) is 13.5 Å². The fraction of sp³-hybridized carbons (Fsp3) is 0.375. The van der Waals surface area contributed by atoms with Gasteiger partial charge in [0.2, 0.25) is 10.0 Å². The number of nitrogens with zero attached hydrogens (tertiary/aromatic N) is 2. The second kappa shape index (κ2) is 9.34. The van der Waals surface area contributed by atoms with Crippen molar-refractivity contribution in [2.75, 3.05) is 23.6 Å². The molecule has 32 heavy (non-hydrogen) atoms. The van der Waals surface area contributed by atoms with E-state index in [1.165, 1.54) is 24.8 Å². The Balaban J connectivity index is 1.58. The van der Waals surface area contributed by atoms with Crippen LogP contribution in [0.3, 0.4) is 0 Å². The van der Waals surface area contributed by atoms with E-state index < -0.39 is 10.0 Å². The summed E-state index contributed by atoms with van der Waals surface area (Å²) in [6, 6.07) is 13.3. The smallest absolute Gasteiger partial charge is 0.232 e. The Bertz CT molecular complexity index is 1220. The monoisotopic (exact) mass is 454 g/mol. The van der Waals surface area contributed by atoms with Gasteiger partial charge >= 0.3 is 0 Å². The van der Waals surface area contributed by atoms with Crippen LogP contribution < -0.4 is 4.72 Å². The van der Waals surface area contributed by atoms with Crippen LogP contribution in [0.4, 0.5) is 11.4 Å². The van der Waals surface area contributed by atoms with Crippen LogP contribution in [-0.2, 0) is 16.6 Å². The zero-order valence-corrected chi connectivity index (χ0v) is 19.4. The van der Waals surface area contributed by atoms with E-state index >= 15 is 0 Å². The summed E-state index contributed by atoms with van der Waals surface area (Å²) in [5.74, 6) is 0.00307. The van der Waals surface area contributed by atoms with Gasteiger partial charge in [-0.25, -0.2) is 8.42 Å². The number of hydrogen-bond acceptors (Lipinski definition) is 5. The molecular weight excluding hydrogens is 424 g/mol. The quantitative estimate of drug-likeness (QED) is 0.448. The average Bonchev–Trinajstić information content (AvgIpc) is 3.10. The van der Waals surface area contributed by atoms with E-state index in [0.29, 0.717) is 27.9 Å². The van der Waals surface area contributed by atoms with Crippen molar-refractivity contribution in [2.45, 2.75) is 39.7 Å². The molecule has 1 fully saturated rings. The van der Waals surface area contributed by atoms with Crippen molar-refractivity contribution in [3.05, 3.63) is 53.6 Å². The van der Waals surface area contributed by atoms with Gasteiger partial charge in [-0.05, 0) is 75.7 Å². The van der Waals surface area contributed by atoms with Gasteiger partial charge in [0.25, 0.3) is 0 Å². The molecule has 1 aliphatic rings. The molecule has 0 bridgehead atoms. The standard InChI is InChI=1S/C24H30N4O3S/c1-3-32(30,31)27-20-11-12-22-21(15-20)23(24(29)26-22)17(2)25-19-9-7-18(8-10-19)16-28-13-5-4-6-14-28/h7-12,15,26-27,29H,3-6,13-14,16H2,1-2H3. The minimum absolute atomic E-state index is 0.00940. The number of aromatic nitrogens is 1. The number of likely N-dealkylation sites (tertiary alicyclic amines) is 1. The first-order valence-corrected chi connectivity index (χ1v) is 12.7. The Hall–Kier alpha value is -2.84. The molecule has 8 heteroatoms. The van der Waals surface area contributed by atoms with Gasteiger partial charge in [-0.15, -0.1) is 0 Å². The Morgan fingerprint density at radius 1 is 1.12 bits per heavy atom. The van der Waals surface area contributed by atoms with E-state index in [4.69, 9.17) is 4.99 Å².